The molecule has 0 spiro atoms. The molecule has 0 saturated carbocycles. The minimum atomic E-state index is -0.180. The second-order valence-electron chi connectivity index (χ2n) is 7.74. The highest BCUT2D eigenvalue weighted by molar-refractivity contribution is 5.90. The lowest BCUT2D eigenvalue weighted by molar-refractivity contribution is -0.116. The second kappa shape index (κ2) is 10.4. The molecule has 0 radical (unpaired) electrons. The monoisotopic (exact) mass is 439 g/mol. The molecule has 0 aliphatic carbocycles. The van der Waals surface area contributed by atoms with Crippen LogP contribution in [0.1, 0.15) is 18.4 Å². The second-order valence-corrected chi connectivity index (χ2v) is 7.74. The van der Waals surface area contributed by atoms with Gasteiger partial charge in [0.2, 0.25) is 5.91 Å². The van der Waals surface area contributed by atoms with E-state index in [1.165, 1.54) is 10.7 Å². The van der Waals surface area contributed by atoms with Gasteiger partial charge in [0.05, 0.1) is 5.69 Å². The molecule has 1 aromatic heterocycles. The lowest BCUT2D eigenvalue weighted by Crippen LogP contribution is -2.23. The van der Waals surface area contributed by atoms with Gasteiger partial charge < -0.3 is 10.1 Å². The number of amides is 1. The molecule has 1 heterocycles. The van der Waals surface area contributed by atoms with Crippen LogP contribution in [-0.4, -0.2) is 15.7 Å². The van der Waals surface area contributed by atoms with Crippen molar-refractivity contribution in [3.8, 4) is 22.8 Å². The molecule has 0 fully saturated rings. The van der Waals surface area contributed by atoms with Gasteiger partial charge >= 0.3 is 0 Å². The molecule has 166 valence electrons. The molecule has 4 rings (SSSR count). The molecular formula is C27H25N3O3. The van der Waals surface area contributed by atoms with Gasteiger partial charge in [0.15, 0.2) is 0 Å². The first-order valence-corrected chi connectivity index (χ1v) is 10.8. The van der Waals surface area contributed by atoms with E-state index in [9.17, 15) is 9.59 Å². The van der Waals surface area contributed by atoms with Crippen molar-refractivity contribution >= 4 is 11.6 Å². The third kappa shape index (κ3) is 6.17. The van der Waals surface area contributed by atoms with E-state index in [2.05, 4.69) is 10.4 Å². The summed E-state index contributed by atoms with van der Waals surface area (Å²) in [7, 11) is 0. The maximum Gasteiger partial charge on any atom is 0.266 e. The van der Waals surface area contributed by atoms with Crippen LogP contribution < -0.4 is 15.6 Å². The van der Waals surface area contributed by atoms with Crippen molar-refractivity contribution in [2.75, 3.05) is 5.32 Å². The number of hydrogen-bond donors (Lipinski definition) is 1. The molecule has 6 nitrogen and oxygen atoms in total. The van der Waals surface area contributed by atoms with Crippen LogP contribution in [0.4, 0.5) is 5.69 Å². The molecule has 0 aliphatic heterocycles. The van der Waals surface area contributed by atoms with Crippen LogP contribution in [0.15, 0.2) is 95.8 Å². The molecule has 0 bridgehead atoms. The minimum Gasteiger partial charge on any atom is -0.457 e. The predicted octanol–water partition coefficient (Wildman–Crippen LogP) is 5.43. The Morgan fingerprint density at radius 3 is 2.30 bits per heavy atom. The Labute approximate surface area is 192 Å². The number of anilines is 1. The first-order valence-electron chi connectivity index (χ1n) is 10.8. The fourth-order valence-corrected chi connectivity index (χ4v) is 3.33. The van der Waals surface area contributed by atoms with Crippen molar-refractivity contribution in [2.24, 2.45) is 0 Å². The molecular weight excluding hydrogens is 414 g/mol. The zero-order valence-electron chi connectivity index (χ0n) is 18.4. The van der Waals surface area contributed by atoms with E-state index in [4.69, 9.17) is 4.74 Å². The van der Waals surface area contributed by atoms with E-state index in [1.54, 1.807) is 18.2 Å². The van der Waals surface area contributed by atoms with E-state index in [0.717, 1.165) is 22.6 Å². The van der Waals surface area contributed by atoms with Gasteiger partial charge in [-0.05, 0) is 55.8 Å². The summed E-state index contributed by atoms with van der Waals surface area (Å²) in [6.45, 7) is 2.39. The van der Waals surface area contributed by atoms with Gasteiger partial charge in [-0.25, -0.2) is 4.68 Å². The van der Waals surface area contributed by atoms with Crippen LogP contribution in [-0.2, 0) is 11.3 Å². The van der Waals surface area contributed by atoms with E-state index in [0.29, 0.717) is 24.4 Å². The Kier molecular flexibility index (Phi) is 6.95. The summed E-state index contributed by atoms with van der Waals surface area (Å²) >= 11 is 0. The number of para-hydroxylation sites is 1. The van der Waals surface area contributed by atoms with Crippen molar-refractivity contribution < 1.29 is 9.53 Å². The van der Waals surface area contributed by atoms with Crippen LogP contribution in [0.2, 0.25) is 0 Å². The molecule has 0 aliphatic rings. The molecule has 3 aromatic carbocycles. The molecule has 0 saturated heterocycles. The SMILES string of the molecule is Cc1ccc(-c2ccc(=O)n(CCCC(=O)Nc3ccc(Oc4ccccc4)cc3)n2)cc1. The average molecular weight is 440 g/mol. The average Bonchev–Trinajstić information content (AvgIpc) is 2.83. The van der Waals surface area contributed by atoms with Crippen molar-refractivity contribution in [3.63, 3.8) is 0 Å². The van der Waals surface area contributed by atoms with Crippen molar-refractivity contribution in [2.45, 2.75) is 26.3 Å². The lowest BCUT2D eigenvalue weighted by atomic mass is 10.1. The standard InChI is InChI=1S/C27H25N3O3/c1-20-9-11-21(12-10-20)25-17-18-27(32)30(29-25)19-5-8-26(31)28-22-13-15-24(16-14-22)33-23-6-3-2-4-7-23/h2-4,6-7,9-18H,5,8,19H2,1H3,(H,28,31). The highest BCUT2D eigenvalue weighted by Crippen LogP contribution is 2.22. The highest BCUT2D eigenvalue weighted by Gasteiger charge is 2.07. The number of aryl methyl sites for hydroxylation is 2. The summed E-state index contributed by atoms with van der Waals surface area (Å²) in [5, 5.41) is 7.33. The number of aromatic nitrogens is 2. The summed E-state index contributed by atoms with van der Waals surface area (Å²) < 4.78 is 7.17. The van der Waals surface area contributed by atoms with Gasteiger partial charge in [-0.15, -0.1) is 0 Å². The quantitative estimate of drug-likeness (QED) is 0.397. The lowest BCUT2D eigenvalue weighted by Gasteiger charge is -2.09. The van der Waals surface area contributed by atoms with Gasteiger partial charge in [0.25, 0.3) is 5.56 Å². The number of nitrogens with one attached hydrogen (secondary N) is 1. The zero-order chi connectivity index (χ0) is 23.0. The molecule has 4 aromatic rings. The maximum atomic E-state index is 12.3. The number of carbonyl (C=O) groups is 1. The molecule has 33 heavy (non-hydrogen) atoms. The Hall–Kier alpha value is -4.19. The van der Waals surface area contributed by atoms with Crippen LogP contribution in [0, 0.1) is 6.92 Å². The smallest absolute Gasteiger partial charge is 0.266 e. The normalized spacial score (nSPS) is 10.6. The van der Waals surface area contributed by atoms with Crippen LogP contribution in [0.3, 0.4) is 0 Å². The maximum absolute atomic E-state index is 12.3. The summed E-state index contributed by atoms with van der Waals surface area (Å²) in [4.78, 5) is 24.5. The number of carbonyl (C=O) groups excluding carboxylic acids is 1. The van der Waals surface area contributed by atoms with E-state index < -0.39 is 0 Å². The third-order valence-electron chi connectivity index (χ3n) is 5.10. The largest absolute Gasteiger partial charge is 0.457 e. The first kappa shape index (κ1) is 22.0. The number of ether oxygens (including phenoxy) is 1. The van der Waals surface area contributed by atoms with Gasteiger partial charge in [-0.1, -0.05) is 48.0 Å². The Morgan fingerprint density at radius 2 is 1.58 bits per heavy atom. The number of hydrogen-bond acceptors (Lipinski definition) is 4. The summed E-state index contributed by atoms with van der Waals surface area (Å²) in [6, 6.07) is 27.9. The zero-order valence-corrected chi connectivity index (χ0v) is 18.4. The molecule has 6 heteroatoms. The molecule has 1 amide bonds. The summed E-state index contributed by atoms with van der Waals surface area (Å²) in [5.74, 6) is 1.33. The Balaban J connectivity index is 1.29. The van der Waals surface area contributed by atoms with Crippen molar-refractivity contribution in [1.82, 2.24) is 9.78 Å². The topological polar surface area (TPSA) is 73.2 Å². The van der Waals surface area contributed by atoms with Gasteiger partial charge in [0, 0.05) is 30.3 Å². The van der Waals surface area contributed by atoms with Crippen molar-refractivity contribution in [3.05, 3.63) is 107 Å². The fraction of sp³-hybridized carbons (Fsp3) is 0.148. The van der Waals surface area contributed by atoms with Crippen LogP contribution in [0.5, 0.6) is 11.5 Å². The molecule has 1 N–H and O–H groups in total. The Bertz CT molecular complexity index is 1260. The number of rotatable bonds is 8. The molecule has 0 unspecified atom stereocenters. The van der Waals surface area contributed by atoms with Crippen molar-refractivity contribution in [1.29, 1.82) is 0 Å². The third-order valence-corrected chi connectivity index (χ3v) is 5.10. The highest BCUT2D eigenvalue weighted by atomic mass is 16.5. The van der Waals surface area contributed by atoms with Gasteiger partial charge in [0.1, 0.15) is 11.5 Å². The number of nitrogens with zero attached hydrogens (tertiary/aromatic N) is 2. The van der Waals surface area contributed by atoms with Crippen LogP contribution in [0.25, 0.3) is 11.3 Å². The van der Waals surface area contributed by atoms with E-state index in [1.807, 2.05) is 73.7 Å². The predicted molar refractivity (Wildman–Crippen MR) is 129 cm³/mol. The van der Waals surface area contributed by atoms with Crippen LogP contribution >= 0.6 is 0 Å². The fourth-order valence-electron chi connectivity index (χ4n) is 3.33. The van der Waals surface area contributed by atoms with Gasteiger partial charge in [-0.2, -0.15) is 5.10 Å². The van der Waals surface area contributed by atoms with E-state index >= 15 is 0 Å². The van der Waals surface area contributed by atoms with Gasteiger partial charge in [-0.3, -0.25) is 9.59 Å². The summed E-state index contributed by atoms with van der Waals surface area (Å²) in [6.07, 6.45) is 0.788. The Morgan fingerprint density at radius 1 is 0.879 bits per heavy atom. The summed E-state index contributed by atoms with van der Waals surface area (Å²) in [5.41, 5.74) is 3.36. The molecule has 0 atom stereocenters. The minimum absolute atomic E-state index is 0.116. The number of benzene rings is 3. The first-order chi connectivity index (χ1) is 16.1. The van der Waals surface area contributed by atoms with E-state index in [-0.39, 0.29) is 17.9 Å².